The average Bonchev–Trinajstić information content (AvgIpc) is 2.83. The van der Waals surface area contributed by atoms with Crippen LogP contribution in [0.3, 0.4) is 0 Å². The minimum absolute atomic E-state index is 0.150. The molecule has 0 amide bonds. The molecule has 0 aliphatic heterocycles. The molecule has 0 saturated heterocycles. The van der Waals surface area contributed by atoms with Crippen LogP contribution in [0, 0.1) is 0 Å². The summed E-state index contributed by atoms with van der Waals surface area (Å²) in [4.78, 5) is 12.0. The van der Waals surface area contributed by atoms with Crippen LogP contribution in [0.25, 0.3) is 10.4 Å². The molecular weight excluding hydrogens is 290 g/mol. The summed E-state index contributed by atoms with van der Waals surface area (Å²) in [7, 11) is 0. The third-order valence-corrected chi connectivity index (χ3v) is 3.97. The second kappa shape index (κ2) is 6.49. The molecular formula is C15H17NO4S. The average molecular weight is 307 g/mol. The van der Waals surface area contributed by atoms with Gasteiger partial charge in [-0.25, -0.2) is 4.79 Å². The van der Waals surface area contributed by atoms with Crippen molar-refractivity contribution < 1.29 is 19.4 Å². The van der Waals surface area contributed by atoms with Crippen LogP contribution in [0.15, 0.2) is 24.3 Å². The fourth-order valence-corrected chi connectivity index (χ4v) is 2.83. The molecule has 1 aromatic heterocycles. The van der Waals surface area contributed by atoms with E-state index in [1.54, 1.807) is 6.07 Å². The van der Waals surface area contributed by atoms with Crippen LogP contribution in [0.5, 0.6) is 11.5 Å². The number of nitrogens with two attached hydrogens (primary N) is 1. The van der Waals surface area contributed by atoms with Gasteiger partial charge in [0.05, 0.1) is 18.9 Å². The highest BCUT2D eigenvalue weighted by atomic mass is 32.1. The van der Waals surface area contributed by atoms with Gasteiger partial charge in [-0.1, -0.05) is 0 Å². The second-order valence-electron chi connectivity index (χ2n) is 4.23. The van der Waals surface area contributed by atoms with Crippen molar-refractivity contribution in [3.8, 4) is 21.9 Å². The molecule has 0 unspecified atom stereocenters. The minimum atomic E-state index is -1.01. The molecule has 0 aliphatic rings. The van der Waals surface area contributed by atoms with Crippen molar-refractivity contribution in [2.24, 2.45) is 0 Å². The van der Waals surface area contributed by atoms with Gasteiger partial charge >= 0.3 is 5.97 Å². The maximum Gasteiger partial charge on any atom is 0.348 e. The SMILES string of the molecule is CCOc1ccc(-c2cc(N)c(C(=O)O)s2)cc1OCC. The molecule has 112 valence electrons. The first-order chi connectivity index (χ1) is 10.1. The molecule has 0 spiro atoms. The number of hydrogen-bond acceptors (Lipinski definition) is 5. The van der Waals surface area contributed by atoms with E-state index in [0.717, 1.165) is 21.8 Å². The topological polar surface area (TPSA) is 81.8 Å². The van der Waals surface area contributed by atoms with Crippen LogP contribution in [-0.4, -0.2) is 24.3 Å². The summed E-state index contributed by atoms with van der Waals surface area (Å²) in [5.41, 5.74) is 6.85. The molecule has 2 rings (SSSR count). The van der Waals surface area contributed by atoms with Gasteiger partial charge in [0.1, 0.15) is 4.88 Å². The van der Waals surface area contributed by atoms with Crippen molar-refractivity contribution in [3.63, 3.8) is 0 Å². The third-order valence-electron chi connectivity index (χ3n) is 2.78. The summed E-state index contributed by atoms with van der Waals surface area (Å²) >= 11 is 1.15. The van der Waals surface area contributed by atoms with E-state index in [1.165, 1.54) is 0 Å². The molecule has 2 aromatic rings. The van der Waals surface area contributed by atoms with E-state index in [-0.39, 0.29) is 10.6 Å². The van der Waals surface area contributed by atoms with Crippen LogP contribution >= 0.6 is 11.3 Å². The second-order valence-corrected chi connectivity index (χ2v) is 5.28. The smallest absolute Gasteiger partial charge is 0.348 e. The zero-order valence-corrected chi connectivity index (χ0v) is 12.7. The van der Waals surface area contributed by atoms with Gasteiger partial charge in [0, 0.05) is 4.88 Å². The van der Waals surface area contributed by atoms with Crippen molar-refractivity contribution in [1.82, 2.24) is 0 Å². The Bertz CT molecular complexity index is 651. The maximum absolute atomic E-state index is 11.1. The standard InChI is InChI=1S/C15H17NO4S/c1-3-19-11-6-5-9(7-12(11)20-4-2)13-8-10(16)14(21-13)15(17)18/h5-8H,3-4,16H2,1-2H3,(H,17,18). The van der Waals surface area contributed by atoms with Crippen LogP contribution in [0.2, 0.25) is 0 Å². The quantitative estimate of drug-likeness (QED) is 0.853. The summed E-state index contributed by atoms with van der Waals surface area (Å²) in [6.45, 7) is 4.88. The Morgan fingerprint density at radius 2 is 1.86 bits per heavy atom. The van der Waals surface area contributed by atoms with Gasteiger partial charge in [0.2, 0.25) is 0 Å². The summed E-state index contributed by atoms with van der Waals surface area (Å²) in [6.07, 6.45) is 0. The van der Waals surface area contributed by atoms with Crippen molar-refractivity contribution in [1.29, 1.82) is 0 Å². The Morgan fingerprint density at radius 1 is 1.19 bits per heavy atom. The van der Waals surface area contributed by atoms with Gasteiger partial charge in [-0.3, -0.25) is 0 Å². The molecule has 5 nitrogen and oxygen atoms in total. The fraction of sp³-hybridized carbons (Fsp3) is 0.267. The number of hydrogen-bond donors (Lipinski definition) is 2. The van der Waals surface area contributed by atoms with E-state index in [0.29, 0.717) is 24.7 Å². The molecule has 6 heteroatoms. The Morgan fingerprint density at radius 3 is 2.43 bits per heavy atom. The molecule has 1 aromatic carbocycles. The maximum atomic E-state index is 11.1. The first-order valence-corrected chi connectivity index (χ1v) is 7.41. The number of thiophene rings is 1. The highest BCUT2D eigenvalue weighted by molar-refractivity contribution is 7.17. The third kappa shape index (κ3) is 3.28. The van der Waals surface area contributed by atoms with Crippen LogP contribution in [0.4, 0.5) is 5.69 Å². The molecule has 0 atom stereocenters. The van der Waals surface area contributed by atoms with E-state index in [1.807, 2.05) is 32.0 Å². The van der Waals surface area contributed by atoms with Gasteiger partial charge in [-0.05, 0) is 43.7 Å². The highest BCUT2D eigenvalue weighted by Crippen LogP contribution is 2.38. The van der Waals surface area contributed by atoms with Crippen LogP contribution < -0.4 is 15.2 Å². The molecule has 3 N–H and O–H groups in total. The molecule has 1 heterocycles. The lowest BCUT2D eigenvalue weighted by Crippen LogP contribution is -1.98. The van der Waals surface area contributed by atoms with Gasteiger partial charge in [0.15, 0.2) is 11.5 Å². The van der Waals surface area contributed by atoms with E-state index in [2.05, 4.69) is 0 Å². The number of carbonyl (C=O) groups is 1. The zero-order chi connectivity index (χ0) is 15.4. The lowest BCUT2D eigenvalue weighted by atomic mass is 10.1. The monoisotopic (exact) mass is 307 g/mol. The lowest BCUT2D eigenvalue weighted by Gasteiger charge is -2.11. The van der Waals surface area contributed by atoms with Crippen molar-refractivity contribution >= 4 is 23.0 Å². The van der Waals surface area contributed by atoms with Crippen LogP contribution in [0.1, 0.15) is 23.5 Å². The Labute approximate surface area is 126 Å². The van der Waals surface area contributed by atoms with Gasteiger partial charge in [-0.2, -0.15) is 0 Å². The fourth-order valence-electron chi connectivity index (χ4n) is 1.92. The summed E-state index contributed by atoms with van der Waals surface area (Å²) in [5, 5.41) is 9.06. The number of carboxylic acid groups (broad SMARTS) is 1. The Balaban J connectivity index is 2.42. The summed E-state index contributed by atoms with van der Waals surface area (Å²) in [6, 6.07) is 7.19. The number of ether oxygens (including phenoxy) is 2. The van der Waals surface area contributed by atoms with Gasteiger partial charge in [-0.15, -0.1) is 11.3 Å². The Hall–Kier alpha value is -2.21. The predicted molar refractivity (Wildman–Crippen MR) is 83.5 cm³/mol. The van der Waals surface area contributed by atoms with Crippen LogP contribution in [-0.2, 0) is 0 Å². The largest absolute Gasteiger partial charge is 0.490 e. The van der Waals surface area contributed by atoms with E-state index in [4.69, 9.17) is 20.3 Å². The first-order valence-electron chi connectivity index (χ1n) is 6.59. The zero-order valence-electron chi connectivity index (χ0n) is 11.9. The molecule has 21 heavy (non-hydrogen) atoms. The highest BCUT2D eigenvalue weighted by Gasteiger charge is 2.15. The number of rotatable bonds is 6. The normalized spacial score (nSPS) is 10.4. The first kappa shape index (κ1) is 15.2. The number of benzene rings is 1. The number of anilines is 1. The molecule has 0 aliphatic carbocycles. The molecule has 0 radical (unpaired) electrons. The van der Waals surface area contributed by atoms with Crippen molar-refractivity contribution in [3.05, 3.63) is 29.1 Å². The predicted octanol–water partition coefficient (Wildman–Crippen LogP) is 3.49. The number of aromatic carboxylic acids is 1. The van der Waals surface area contributed by atoms with E-state index in [9.17, 15) is 4.79 Å². The van der Waals surface area contributed by atoms with E-state index < -0.39 is 5.97 Å². The van der Waals surface area contributed by atoms with Crippen molar-refractivity contribution in [2.75, 3.05) is 18.9 Å². The summed E-state index contributed by atoms with van der Waals surface area (Å²) in [5.74, 6) is 0.298. The number of nitrogen functional groups attached to an aromatic ring is 1. The van der Waals surface area contributed by atoms with Gasteiger partial charge in [0.25, 0.3) is 0 Å². The molecule has 0 saturated carbocycles. The minimum Gasteiger partial charge on any atom is -0.490 e. The summed E-state index contributed by atoms with van der Waals surface area (Å²) < 4.78 is 11.1. The molecule has 0 fully saturated rings. The number of carboxylic acids is 1. The van der Waals surface area contributed by atoms with Crippen molar-refractivity contribution in [2.45, 2.75) is 13.8 Å². The lowest BCUT2D eigenvalue weighted by molar-refractivity contribution is 0.0703. The van der Waals surface area contributed by atoms with Gasteiger partial charge < -0.3 is 20.3 Å². The van der Waals surface area contributed by atoms with E-state index >= 15 is 0 Å². The molecule has 0 bridgehead atoms. The Kier molecular flexibility index (Phi) is 4.70.